The molecule has 1 aromatic carbocycles. The van der Waals surface area contributed by atoms with E-state index in [0.29, 0.717) is 12.5 Å². The summed E-state index contributed by atoms with van der Waals surface area (Å²) >= 11 is 0. The molecule has 0 heterocycles. The first-order chi connectivity index (χ1) is 8.09. The first-order valence-electron chi connectivity index (χ1n) is 6.12. The zero-order chi connectivity index (χ0) is 12.7. The van der Waals surface area contributed by atoms with Crippen molar-refractivity contribution in [2.75, 3.05) is 25.5 Å². The minimum atomic E-state index is 0.134. The van der Waals surface area contributed by atoms with Gasteiger partial charge in [0.15, 0.2) is 0 Å². The number of likely N-dealkylation sites (N-methyl/N-ethyl adjacent to an activating group) is 1. The lowest BCUT2D eigenvalue weighted by atomic mass is 10.1. The SMILES string of the molecule is CC(C)CCN(C)C(=O)CNc1ccccc1. The fourth-order valence-electron chi connectivity index (χ4n) is 1.45. The smallest absolute Gasteiger partial charge is 0.241 e. The van der Waals surface area contributed by atoms with Gasteiger partial charge in [0.1, 0.15) is 0 Å². The monoisotopic (exact) mass is 234 g/mol. The molecule has 0 aliphatic carbocycles. The van der Waals surface area contributed by atoms with Crippen LogP contribution < -0.4 is 5.32 Å². The molecule has 0 aliphatic rings. The second kappa shape index (κ2) is 6.94. The highest BCUT2D eigenvalue weighted by atomic mass is 16.2. The average molecular weight is 234 g/mol. The average Bonchev–Trinajstić information content (AvgIpc) is 2.34. The molecule has 94 valence electrons. The van der Waals surface area contributed by atoms with Crippen molar-refractivity contribution in [2.24, 2.45) is 5.92 Å². The number of amides is 1. The fourth-order valence-corrected chi connectivity index (χ4v) is 1.45. The van der Waals surface area contributed by atoms with Gasteiger partial charge < -0.3 is 10.2 Å². The highest BCUT2D eigenvalue weighted by Gasteiger charge is 2.08. The molecular formula is C14H22N2O. The van der Waals surface area contributed by atoms with Crippen molar-refractivity contribution in [1.29, 1.82) is 0 Å². The third-order valence-electron chi connectivity index (χ3n) is 2.69. The lowest BCUT2D eigenvalue weighted by molar-refractivity contribution is -0.128. The summed E-state index contributed by atoms with van der Waals surface area (Å²) in [7, 11) is 1.86. The molecule has 1 rings (SSSR count). The third-order valence-corrected chi connectivity index (χ3v) is 2.69. The predicted octanol–water partition coefficient (Wildman–Crippen LogP) is 2.60. The van der Waals surface area contributed by atoms with E-state index >= 15 is 0 Å². The number of anilines is 1. The maximum atomic E-state index is 11.8. The number of carbonyl (C=O) groups excluding carboxylic acids is 1. The van der Waals surface area contributed by atoms with E-state index in [0.717, 1.165) is 18.7 Å². The summed E-state index contributed by atoms with van der Waals surface area (Å²) < 4.78 is 0. The summed E-state index contributed by atoms with van der Waals surface area (Å²) in [5.41, 5.74) is 0.984. The minimum absolute atomic E-state index is 0.134. The van der Waals surface area contributed by atoms with Gasteiger partial charge in [-0.15, -0.1) is 0 Å². The summed E-state index contributed by atoms with van der Waals surface area (Å²) in [5.74, 6) is 0.766. The standard InChI is InChI=1S/C14H22N2O/c1-12(2)9-10-16(3)14(17)11-15-13-7-5-4-6-8-13/h4-8,12,15H,9-11H2,1-3H3. The second-order valence-electron chi connectivity index (χ2n) is 4.72. The van der Waals surface area contributed by atoms with Crippen molar-refractivity contribution in [3.63, 3.8) is 0 Å². The van der Waals surface area contributed by atoms with E-state index in [-0.39, 0.29) is 5.91 Å². The van der Waals surface area contributed by atoms with Gasteiger partial charge in [0.05, 0.1) is 6.54 Å². The number of hydrogen-bond donors (Lipinski definition) is 1. The Morgan fingerprint density at radius 3 is 2.53 bits per heavy atom. The van der Waals surface area contributed by atoms with Crippen molar-refractivity contribution >= 4 is 11.6 Å². The van der Waals surface area contributed by atoms with Crippen molar-refractivity contribution in [3.8, 4) is 0 Å². The topological polar surface area (TPSA) is 32.3 Å². The van der Waals surface area contributed by atoms with Gasteiger partial charge >= 0.3 is 0 Å². The number of benzene rings is 1. The van der Waals surface area contributed by atoms with E-state index < -0.39 is 0 Å². The van der Waals surface area contributed by atoms with Crippen LogP contribution >= 0.6 is 0 Å². The van der Waals surface area contributed by atoms with Crippen LogP contribution in [0.5, 0.6) is 0 Å². The van der Waals surface area contributed by atoms with Gasteiger partial charge in [0, 0.05) is 19.3 Å². The van der Waals surface area contributed by atoms with E-state index in [2.05, 4.69) is 19.2 Å². The molecule has 0 saturated carbocycles. The Morgan fingerprint density at radius 1 is 1.29 bits per heavy atom. The van der Waals surface area contributed by atoms with Gasteiger partial charge in [-0.1, -0.05) is 32.0 Å². The highest BCUT2D eigenvalue weighted by molar-refractivity contribution is 5.80. The Bertz CT molecular complexity index is 335. The summed E-state index contributed by atoms with van der Waals surface area (Å²) in [6.45, 7) is 5.52. The van der Waals surface area contributed by atoms with Gasteiger partial charge in [-0.05, 0) is 24.5 Å². The van der Waals surface area contributed by atoms with Crippen LogP contribution in [-0.4, -0.2) is 30.9 Å². The molecular weight excluding hydrogens is 212 g/mol. The zero-order valence-corrected chi connectivity index (χ0v) is 10.9. The van der Waals surface area contributed by atoms with Crippen molar-refractivity contribution in [3.05, 3.63) is 30.3 Å². The first kappa shape index (κ1) is 13.6. The molecule has 3 nitrogen and oxygen atoms in total. The number of carbonyl (C=O) groups is 1. The van der Waals surface area contributed by atoms with Crippen LogP contribution in [0.15, 0.2) is 30.3 Å². The molecule has 0 radical (unpaired) electrons. The number of para-hydroxylation sites is 1. The number of nitrogens with one attached hydrogen (secondary N) is 1. The summed E-state index contributed by atoms with van der Waals surface area (Å²) in [5, 5.41) is 3.12. The summed E-state index contributed by atoms with van der Waals surface area (Å²) in [6, 6.07) is 9.79. The van der Waals surface area contributed by atoms with E-state index in [1.165, 1.54) is 0 Å². The molecule has 0 spiro atoms. The van der Waals surface area contributed by atoms with Crippen LogP contribution in [0.25, 0.3) is 0 Å². The Morgan fingerprint density at radius 2 is 1.94 bits per heavy atom. The molecule has 0 bridgehead atoms. The lowest BCUT2D eigenvalue weighted by Gasteiger charge is -2.18. The van der Waals surface area contributed by atoms with E-state index in [4.69, 9.17) is 0 Å². The molecule has 0 aromatic heterocycles. The van der Waals surface area contributed by atoms with E-state index in [9.17, 15) is 4.79 Å². The zero-order valence-electron chi connectivity index (χ0n) is 10.9. The van der Waals surface area contributed by atoms with Crippen LogP contribution in [0.2, 0.25) is 0 Å². The van der Waals surface area contributed by atoms with Crippen LogP contribution in [0.3, 0.4) is 0 Å². The quantitative estimate of drug-likeness (QED) is 0.820. The van der Waals surface area contributed by atoms with Crippen LogP contribution in [0.1, 0.15) is 20.3 Å². The van der Waals surface area contributed by atoms with Crippen molar-refractivity contribution in [1.82, 2.24) is 4.90 Å². The van der Waals surface area contributed by atoms with Gasteiger partial charge in [-0.3, -0.25) is 4.79 Å². The largest absolute Gasteiger partial charge is 0.376 e. The van der Waals surface area contributed by atoms with Gasteiger partial charge in [0.25, 0.3) is 0 Å². The van der Waals surface area contributed by atoms with Crippen LogP contribution in [-0.2, 0) is 4.79 Å². The van der Waals surface area contributed by atoms with Crippen LogP contribution in [0.4, 0.5) is 5.69 Å². The van der Waals surface area contributed by atoms with Crippen molar-refractivity contribution < 1.29 is 4.79 Å². The maximum Gasteiger partial charge on any atom is 0.241 e. The molecule has 0 saturated heterocycles. The van der Waals surface area contributed by atoms with Gasteiger partial charge in [0.2, 0.25) is 5.91 Å². The number of rotatable bonds is 6. The summed E-state index contributed by atoms with van der Waals surface area (Å²) in [4.78, 5) is 13.6. The second-order valence-corrected chi connectivity index (χ2v) is 4.72. The fraction of sp³-hybridized carbons (Fsp3) is 0.500. The highest BCUT2D eigenvalue weighted by Crippen LogP contribution is 2.05. The van der Waals surface area contributed by atoms with E-state index in [1.54, 1.807) is 4.90 Å². The maximum absolute atomic E-state index is 11.8. The Labute approximate surface area is 104 Å². The van der Waals surface area contributed by atoms with Crippen LogP contribution in [0, 0.1) is 5.92 Å². The molecule has 0 fully saturated rings. The number of hydrogen-bond acceptors (Lipinski definition) is 2. The Kier molecular flexibility index (Phi) is 5.53. The molecule has 3 heteroatoms. The molecule has 1 amide bonds. The van der Waals surface area contributed by atoms with Gasteiger partial charge in [-0.2, -0.15) is 0 Å². The third kappa shape index (κ3) is 5.38. The molecule has 0 atom stereocenters. The number of nitrogens with zero attached hydrogens (tertiary/aromatic N) is 1. The van der Waals surface area contributed by atoms with Crippen molar-refractivity contribution in [2.45, 2.75) is 20.3 Å². The molecule has 1 aromatic rings. The first-order valence-corrected chi connectivity index (χ1v) is 6.12. The lowest BCUT2D eigenvalue weighted by Crippen LogP contribution is -2.33. The molecule has 1 N–H and O–H groups in total. The molecule has 0 aliphatic heterocycles. The molecule has 0 unspecified atom stereocenters. The van der Waals surface area contributed by atoms with Gasteiger partial charge in [-0.25, -0.2) is 0 Å². The molecule has 17 heavy (non-hydrogen) atoms. The predicted molar refractivity (Wildman–Crippen MR) is 72.0 cm³/mol. The Balaban J connectivity index is 2.29. The Hall–Kier alpha value is -1.51. The minimum Gasteiger partial charge on any atom is -0.376 e. The van der Waals surface area contributed by atoms with E-state index in [1.807, 2.05) is 37.4 Å². The normalized spacial score (nSPS) is 10.4. The summed E-state index contributed by atoms with van der Waals surface area (Å²) in [6.07, 6.45) is 1.05.